The normalized spacial score (nSPS) is 14.6. The van der Waals surface area contributed by atoms with Crippen LogP contribution in [-0.4, -0.2) is 53.7 Å². The van der Waals surface area contributed by atoms with Gasteiger partial charge in [0.15, 0.2) is 0 Å². The summed E-state index contributed by atoms with van der Waals surface area (Å²) in [4.78, 5) is 33.9. The topological polar surface area (TPSA) is 118 Å². The Labute approximate surface area is 278 Å². The lowest BCUT2D eigenvalue weighted by Crippen LogP contribution is -2.37. The SMILES string of the molecule is CC(C)N1CCC(c2ccc(Nc3cc(-c4cccc(-n5ncc6cc(C(C)(C)C)cc(F)c6c5=O)c4CO)nn(C)c3=O)nc2)CC1. The zero-order valence-corrected chi connectivity index (χ0v) is 28.3. The van der Waals surface area contributed by atoms with Crippen molar-refractivity contribution >= 4 is 22.3 Å². The lowest BCUT2D eigenvalue weighted by atomic mass is 9.86. The number of aryl methyl sites for hydroxylation is 1. The second kappa shape index (κ2) is 13.0. The molecular formula is C37H42FN7O3. The van der Waals surface area contributed by atoms with E-state index in [9.17, 15) is 14.7 Å². The summed E-state index contributed by atoms with van der Waals surface area (Å²) in [7, 11) is 1.55. The van der Waals surface area contributed by atoms with Crippen LogP contribution >= 0.6 is 0 Å². The molecule has 0 radical (unpaired) electrons. The molecule has 1 saturated heterocycles. The minimum absolute atomic E-state index is 0.0847. The van der Waals surface area contributed by atoms with Gasteiger partial charge in [-0.15, -0.1) is 0 Å². The van der Waals surface area contributed by atoms with E-state index < -0.39 is 18.0 Å². The molecule has 0 unspecified atom stereocenters. The van der Waals surface area contributed by atoms with E-state index in [1.54, 1.807) is 37.4 Å². The molecule has 0 saturated carbocycles. The van der Waals surface area contributed by atoms with Crippen LogP contribution in [0.5, 0.6) is 0 Å². The fourth-order valence-electron chi connectivity index (χ4n) is 6.46. The standard InChI is InChI=1S/C37H42FN7O3/c1-22(2)44-14-12-23(13-15-44)24-10-11-33(39-19-24)41-31-18-30(42-43(6)35(31)47)27-8-7-9-32(28(27)21-46)45-36(48)34-25(20-40-45)16-26(17-29(34)38)37(3,4)5/h7-11,16-20,22-23,46H,12-15,21H2,1-6H3,(H,39,41). The number of likely N-dealkylation sites (tertiary alicyclic amines) is 1. The summed E-state index contributed by atoms with van der Waals surface area (Å²) in [5.41, 5.74) is 2.37. The number of hydrogen-bond acceptors (Lipinski definition) is 8. The van der Waals surface area contributed by atoms with Crippen LogP contribution in [0, 0.1) is 5.82 Å². The highest BCUT2D eigenvalue weighted by molar-refractivity contribution is 5.83. The number of anilines is 2. The van der Waals surface area contributed by atoms with Gasteiger partial charge in [-0.05, 0) is 92.6 Å². The van der Waals surface area contributed by atoms with E-state index in [0.717, 1.165) is 36.2 Å². The van der Waals surface area contributed by atoms with Crippen LogP contribution in [0.2, 0.25) is 0 Å². The number of piperidine rings is 1. The summed E-state index contributed by atoms with van der Waals surface area (Å²) in [6.07, 6.45) is 5.50. The maximum Gasteiger partial charge on any atom is 0.290 e. The molecule has 250 valence electrons. The van der Waals surface area contributed by atoms with Gasteiger partial charge in [-0.3, -0.25) is 9.59 Å². The van der Waals surface area contributed by atoms with Gasteiger partial charge in [0.2, 0.25) is 0 Å². The first kappa shape index (κ1) is 33.2. The first-order chi connectivity index (χ1) is 22.8. The number of fused-ring (bicyclic) bond motifs is 1. The maximum absolute atomic E-state index is 15.4. The molecule has 1 fully saturated rings. The molecule has 1 aliphatic heterocycles. The second-order valence-electron chi connectivity index (χ2n) is 13.9. The largest absolute Gasteiger partial charge is 0.392 e. The summed E-state index contributed by atoms with van der Waals surface area (Å²) >= 11 is 0. The Morgan fingerprint density at radius 2 is 1.77 bits per heavy atom. The van der Waals surface area contributed by atoms with Crippen LogP contribution in [0.1, 0.15) is 70.1 Å². The highest BCUT2D eigenvalue weighted by Crippen LogP contribution is 2.31. The molecule has 1 aliphatic rings. The maximum atomic E-state index is 15.4. The van der Waals surface area contributed by atoms with Crippen LogP contribution in [0.4, 0.5) is 15.9 Å². The van der Waals surface area contributed by atoms with E-state index in [1.807, 2.05) is 33.0 Å². The van der Waals surface area contributed by atoms with Gasteiger partial charge in [-0.2, -0.15) is 14.9 Å². The highest BCUT2D eigenvalue weighted by Gasteiger charge is 2.23. The number of benzene rings is 2. The number of aromatic nitrogens is 5. The number of halogens is 1. The average molecular weight is 652 g/mol. The van der Waals surface area contributed by atoms with E-state index in [-0.39, 0.29) is 27.7 Å². The van der Waals surface area contributed by atoms with Crippen LogP contribution in [0.15, 0.2) is 70.5 Å². The van der Waals surface area contributed by atoms with Crippen molar-refractivity contribution in [2.24, 2.45) is 7.05 Å². The Morgan fingerprint density at radius 1 is 1.02 bits per heavy atom. The number of nitrogens with one attached hydrogen (secondary N) is 1. The Kier molecular flexibility index (Phi) is 9.02. The van der Waals surface area contributed by atoms with E-state index in [1.165, 1.54) is 22.5 Å². The summed E-state index contributed by atoms with van der Waals surface area (Å²) in [5, 5.41) is 22.9. The average Bonchev–Trinajstić information content (AvgIpc) is 3.06. The van der Waals surface area contributed by atoms with Gasteiger partial charge in [0.05, 0.1) is 29.6 Å². The third kappa shape index (κ3) is 6.40. The zero-order chi connectivity index (χ0) is 34.3. The van der Waals surface area contributed by atoms with Crippen molar-refractivity contribution in [3.63, 3.8) is 0 Å². The van der Waals surface area contributed by atoms with Crippen molar-refractivity contribution in [1.82, 2.24) is 29.4 Å². The molecule has 48 heavy (non-hydrogen) atoms. The van der Waals surface area contributed by atoms with Crippen molar-refractivity contribution < 1.29 is 9.50 Å². The number of aliphatic hydroxyl groups excluding tert-OH is 1. The van der Waals surface area contributed by atoms with Crippen molar-refractivity contribution in [2.75, 3.05) is 18.4 Å². The number of pyridine rings is 1. The molecule has 5 aromatic rings. The van der Waals surface area contributed by atoms with Crippen molar-refractivity contribution in [1.29, 1.82) is 0 Å². The van der Waals surface area contributed by atoms with Crippen molar-refractivity contribution in [3.05, 3.63) is 104 Å². The predicted molar refractivity (Wildman–Crippen MR) is 187 cm³/mol. The van der Waals surface area contributed by atoms with Crippen LogP contribution < -0.4 is 16.4 Å². The summed E-state index contributed by atoms with van der Waals surface area (Å²) < 4.78 is 17.7. The summed E-state index contributed by atoms with van der Waals surface area (Å²) in [6, 6.07) is 14.3. The molecule has 4 heterocycles. The monoisotopic (exact) mass is 651 g/mol. The number of hydrogen-bond donors (Lipinski definition) is 2. The van der Waals surface area contributed by atoms with E-state index in [2.05, 4.69) is 45.3 Å². The summed E-state index contributed by atoms with van der Waals surface area (Å²) in [5.74, 6) is 0.342. The molecule has 2 N–H and O–H groups in total. The minimum Gasteiger partial charge on any atom is -0.392 e. The van der Waals surface area contributed by atoms with Crippen LogP contribution in [0.25, 0.3) is 27.7 Å². The number of nitrogens with zero attached hydrogens (tertiary/aromatic N) is 6. The fraction of sp³-hybridized carbons (Fsp3) is 0.378. The minimum atomic E-state index is -0.645. The highest BCUT2D eigenvalue weighted by atomic mass is 19.1. The Balaban J connectivity index is 1.33. The van der Waals surface area contributed by atoms with E-state index >= 15 is 4.39 Å². The molecule has 0 atom stereocenters. The van der Waals surface area contributed by atoms with Gasteiger partial charge in [0, 0.05) is 35.8 Å². The zero-order valence-electron chi connectivity index (χ0n) is 28.3. The lowest BCUT2D eigenvalue weighted by molar-refractivity contribution is 0.172. The van der Waals surface area contributed by atoms with Gasteiger partial charge in [0.25, 0.3) is 11.1 Å². The molecular weight excluding hydrogens is 609 g/mol. The van der Waals surface area contributed by atoms with Gasteiger partial charge >= 0.3 is 0 Å². The third-order valence-electron chi connectivity index (χ3n) is 9.36. The molecule has 0 bridgehead atoms. The third-order valence-corrected chi connectivity index (χ3v) is 9.36. The number of rotatable bonds is 7. The summed E-state index contributed by atoms with van der Waals surface area (Å²) in [6.45, 7) is 12.0. The molecule has 11 heteroatoms. The molecule has 2 aromatic carbocycles. The second-order valence-corrected chi connectivity index (χ2v) is 13.9. The van der Waals surface area contributed by atoms with Crippen LogP contribution in [-0.2, 0) is 19.1 Å². The lowest BCUT2D eigenvalue weighted by Gasteiger charge is -2.34. The van der Waals surface area contributed by atoms with Gasteiger partial charge < -0.3 is 15.3 Å². The first-order valence-electron chi connectivity index (χ1n) is 16.4. The molecule has 0 spiro atoms. The molecule has 0 aliphatic carbocycles. The van der Waals surface area contributed by atoms with Crippen LogP contribution in [0.3, 0.4) is 0 Å². The number of aliphatic hydroxyl groups is 1. The first-order valence-corrected chi connectivity index (χ1v) is 16.4. The Bertz CT molecular complexity index is 2090. The Morgan fingerprint density at radius 3 is 2.42 bits per heavy atom. The smallest absolute Gasteiger partial charge is 0.290 e. The predicted octanol–water partition coefficient (Wildman–Crippen LogP) is 5.80. The van der Waals surface area contributed by atoms with E-state index in [4.69, 9.17) is 0 Å². The van der Waals surface area contributed by atoms with Crippen molar-refractivity contribution in [2.45, 2.75) is 71.4 Å². The fourth-order valence-corrected chi connectivity index (χ4v) is 6.46. The quantitative estimate of drug-likeness (QED) is 0.227. The van der Waals surface area contributed by atoms with Gasteiger partial charge in [0.1, 0.15) is 17.3 Å². The van der Waals surface area contributed by atoms with E-state index in [0.29, 0.717) is 40.0 Å². The van der Waals surface area contributed by atoms with Gasteiger partial charge in [-0.25, -0.2) is 14.1 Å². The molecule has 3 aromatic heterocycles. The molecule has 6 rings (SSSR count). The molecule has 0 amide bonds. The van der Waals surface area contributed by atoms with Gasteiger partial charge in [-0.1, -0.05) is 39.0 Å². The molecule has 10 nitrogen and oxygen atoms in total. The Hall–Kier alpha value is -4.74. The van der Waals surface area contributed by atoms with Crippen molar-refractivity contribution in [3.8, 4) is 16.9 Å².